The van der Waals surface area contributed by atoms with Gasteiger partial charge in [-0.25, -0.2) is 8.42 Å². The molecule has 0 bridgehead atoms. The number of hydrogen-bond donors (Lipinski definition) is 1. The van der Waals surface area contributed by atoms with Crippen LogP contribution in [0.2, 0.25) is 0 Å². The molecule has 0 aromatic heterocycles. The van der Waals surface area contributed by atoms with Gasteiger partial charge in [0.1, 0.15) is 6.04 Å². The molecule has 3 rings (SSSR count). The fourth-order valence-electron chi connectivity index (χ4n) is 3.47. The van der Waals surface area contributed by atoms with Crippen LogP contribution in [0.25, 0.3) is 0 Å². The van der Waals surface area contributed by atoms with Crippen molar-refractivity contribution < 1.29 is 13.2 Å². The molecule has 1 saturated heterocycles. The second kappa shape index (κ2) is 9.20. The number of nitrogens with zero attached hydrogens (tertiary/aromatic N) is 1. The molecule has 0 spiro atoms. The highest BCUT2D eigenvalue weighted by molar-refractivity contribution is 9.10. The van der Waals surface area contributed by atoms with E-state index in [0.717, 1.165) is 22.9 Å². The van der Waals surface area contributed by atoms with E-state index in [1.165, 1.54) is 4.31 Å². The largest absolute Gasteiger partial charge is 0.354 e. The quantitative estimate of drug-likeness (QED) is 0.704. The minimum Gasteiger partial charge on any atom is -0.354 e. The molecule has 2 atom stereocenters. The lowest BCUT2D eigenvalue weighted by Gasteiger charge is -2.34. The highest BCUT2D eigenvalue weighted by Gasteiger charge is 2.37. The van der Waals surface area contributed by atoms with Gasteiger partial charge in [-0.15, -0.1) is 0 Å². The van der Waals surface area contributed by atoms with Crippen LogP contribution in [0.3, 0.4) is 0 Å². The maximum atomic E-state index is 13.1. The topological polar surface area (TPSA) is 66.5 Å². The molecule has 1 amide bonds. The molecule has 1 aliphatic rings. The number of halogens is 1. The first-order valence-corrected chi connectivity index (χ1v) is 11.7. The standard InChI is InChI=1S/C21H25BrN2O3S/c1-16(17-7-3-2-4-8-17)15-23-21(25)20-9-5-6-14-24(20)28(26,27)19-12-10-18(22)11-13-19/h2-4,7-8,10-13,16,20H,5-6,9,14-15H2,1H3,(H,23,25). The van der Waals surface area contributed by atoms with Gasteiger partial charge in [-0.3, -0.25) is 4.79 Å². The summed E-state index contributed by atoms with van der Waals surface area (Å²) in [6.07, 6.45) is 2.15. The molecular formula is C21H25BrN2O3S. The maximum absolute atomic E-state index is 13.1. The smallest absolute Gasteiger partial charge is 0.243 e. The highest BCUT2D eigenvalue weighted by Crippen LogP contribution is 2.26. The summed E-state index contributed by atoms with van der Waals surface area (Å²) >= 11 is 3.32. The van der Waals surface area contributed by atoms with E-state index in [9.17, 15) is 13.2 Å². The molecule has 5 nitrogen and oxygen atoms in total. The fourth-order valence-corrected chi connectivity index (χ4v) is 5.39. The molecule has 1 aliphatic heterocycles. The summed E-state index contributed by atoms with van der Waals surface area (Å²) < 4.78 is 28.4. The molecule has 0 aliphatic carbocycles. The summed E-state index contributed by atoms with van der Waals surface area (Å²) in [5.74, 6) is -0.0616. The van der Waals surface area contributed by atoms with E-state index in [2.05, 4.69) is 21.2 Å². The van der Waals surface area contributed by atoms with Crippen molar-refractivity contribution in [2.75, 3.05) is 13.1 Å². The highest BCUT2D eigenvalue weighted by atomic mass is 79.9. The average molecular weight is 465 g/mol. The SMILES string of the molecule is CC(CNC(=O)C1CCCCN1S(=O)(=O)c1ccc(Br)cc1)c1ccccc1. The minimum absolute atomic E-state index is 0.158. The van der Waals surface area contributed by atoms with E-state index >= 15 is 0 Å². The zero-order valence-corrected chi connectivity index (χ0v) is 18.2. The van der Waals surface area contributed by atoms with Gasteiger partial charge in [0.15, 0.2) is 0 Å². The van der Waals surface area contributed by atoms with E-state index in [-0.39, 0.29) is 16.7 Å². The normalized spacial score (nSPS) is 19.1. The third kappa shape index (κ3) is 4.82. The summed E-state index contributed by atoms with van der Waals surface area (Å²) in [5, 5.41) is 2.96. The fraction of sp³-hybridized carbons (Fsp3) is 0.381. The molecule has 2 unspecified atom stereocenters. The molecule has 0 saturated carbocycles. The lowest BCUT2D eigenvalue weighted by atomic mass is 10.0. The Kier molecular flexibility index (Phi) is 6.91. The summed E-state index contributed by atoms with van der Waals surface area (Å²) in [5.41, 5.74) is 1.14. The third-order valence-electron chi connectivity index (χ3n) is 5.13. The van der Waals surface area contributed by atoms with Crippen LogP contribution in [0, 0.1) is 0 Å². The number of nitrogens with one attached hydrogen (secondary N) is 1. The summed E-state index contributed by atoms with van der Waals surface area (Å²) in [6.45, 7) is 2.89. The lowest BCUT2D eigenvalue weighted by molar-refractivity contribution is -0.125. The Labute approximate surface area is 175 Å². The minimum atomic E-state index is -3.71. The van der Waals surface area contributed by atoms with Crippen LogP contribution in [0.15, 0.2) is 64.0 Å². The second-order valence-electron chi connectivity index (χ2n) is 7.14. The van der Waals surface area contributed by atoms with Crippen LogP contribution in [-0.2, 0) is 14.8 Å². The van der Waals surface area contributed by atoms with Crippen molar-refractivity contribution in [1.82, 2.24) is 9.62 Å². The number of rotatable bonds is 6. The molecule has 7 heteroatoms. The monoisotopic (exact) mass is 464 g/mol. The van der Waals surface area contributed by atoms with Crippen molar-refractivity contribution in [2.45, 2.75) is 43.0 Å². The Bertz CT molecular complexity index is 901. The van der Waals surface area contributed by atoms with Crippen LogP contribution >= 0.6 is 15.9 Å². The maximum Gasteiger partial charge on any atom is 0.243 e. The third-order valence-corrected chi connectivity index (χ3v) is 7.58. The van der Waals surface area contributed by atoms with Gasteiger partial charge in [0.25, 0.3) is 0 Å². The molecule has 1 N–H and O–H groups in total. The summed E-state index contributed by atoms with van der Waals surface area (Å²) in [4.78, 5) is 13.1. The molecule has 1 heterocycles. The van der Waals surface area contributed by atoms with Gasteiger partial charge in [0.05, 0.1) is 4.90 Å². The van der Waals surface area contributed by atoms with Crippen LogP contribution < -0.4 is 5.32 Å². The number of carbonyl (C=O) groups excluding carboxylic acids is 1. The number of benzene rings is 2. The van der Waals surface area contributed by atoms with Gasteiger partial charge in [-0.1, -0.05) is 59.6 Å². The van der Waals surface area contributed by atoms with Crippen molar-refractivity contribution in [3.05, 3.63) is 64.6 Å². The Hall–Kier alpha value is -1.70. The molecule has 1 fully saturated rings. The van der Waals surface area contributed by atoms with Crippen molar-refractivity contribution in [3.8, 4) is 0 Å². The van der Waals surface area contributed by atoms with Crippen LogP contribution in [-0.4, -0.2) is 37.8 Å². The van der Waals surface area contributed by atoms with E-state index in [0.29, 0.717) is 19.5 Å². The Morgan fingerprint density at radius 2 is 1.82 bits per heavy atom. The molecule has 28 heavy (non-hydrogen) atoms. The predicted molar refractivity (Wildman–Crippen MR) is 114 cm³/mol. The molecule has 0 radical (unpaired) electrons. The molecule has 2 aromatic carbocycles. The van der Waals surface area contributed by atoms with Gasteiger partial charge in [0, 0.05) is 17.6 Å². The number of piperidine rings is 1. The summed E-state index contributed by atoms with van der Waals surface area (Å²) in [7, 11) is -3.71. The van der Waals surface area contributed by atoms with Gasteiger partial charge in [0.2, 0.25) is 15.9 Å². The first-order chi connectivity index (χ1) is 13.4. The van der Waals surface area contributed by atoms with Gasteiger partial charge < -0.3 is 5.32 Å². The zero-order chi connectivity index (χ0) is 20.1. The van der Waals surface area contributed by atoms with E-state index < -0.39 is 16.1 Å². The van der Waals surface area contributed by atoms with Crippen molar-refractivity contribution in [2.24, 2.45) is 0 Å². The van der Waals surface area contributed by atoms with Crippen LogP contribution in [0.1, 0.15) is 37.7 Å². The van der Waals surface area contributed by atoms with Crippen molar-refractivity contribution in [3.63, 3.8) is 0 Å². The first-order valence-electron chi connectivity index (χ1n) is 9.49. The molecule has 2 aromatic rings. The van der Waals surface area contributed by atoms with Gasteiger partial charge in [-0.2, -0.15) is 4.31 Å². The van der Waals surface area contributed by atoms with Crippen molar-refractivity contribution >= 4 is 31.9 Å². The van der Waals surface area contributed by atoms with E-state index in [1.807, 2.05) is 37.3 Å². The molecular weight excluding hydrogens is 440 g/mol. The number of hydrogen-bond acceptors (Lipinski definition) is 3. The number of sulfonamides is 1. The zero-order valence-electron chi connectivity index (χ0n) is 15.8. The second-order valence-corrected chi connectivity index (χ2v) is 9.94. The van der Waals surface area contributed by atoms with Crippen LogP contribution in [0.4, 0.5) is 0 Å². The lowest BCUT2D eigenvalue weighted by Crippen LogP contribution is -2.52. The summed E-state index contributed by atoms with van der Waals surface area (Å²) in [6, 6.07) is 15.8. The van der Waals surface area contributed by atoms with E-state index in [4.69, 9.17) is 0 Å². The van der Waals surface area contributed by atoms with Gasteiger partial charge in [-0.05, 0) is 48.6 Å². The van der Waals surface area contributed by atoms with Gasteiger partial charge >= 0.3 is 0 Å². The Morgan fingerprint density at radius 3 is 2.50 bits per heavy atom. The van der Waals surface area contributed by atoms with Crippen molar-refractivity contribution in [1.29, 1.82) is 0 Å². The first kappa shape index (κ1) is 21.0. The Morgan fingerprint density at radius 1 is 1.14 bits per heavy atom. The predicted octanol–water partition coefficient (Wildman–Crippen LogP) is 3.91. The van der Waals surface area contributed by atoms with Crippen LogP contribution in [0.5, 0.6) is 0 Å². The van der Waals surface area contributed by atoms with E-state index in [1.54, 1.807) is 24.3 Å². The average Bonchev–Trinajstić information content (AvgIpc) is 2.72. The number of carbonyl (C=O) groups is 1. The Balaban J connectivity index is 1.72. The molecule has 150 valence electrons. The number of amides is 1.